The van der Waals surface area contributed by atoms with Gasteiger partial charge in [-0.25, -0.2) is 0 Å². The fraction of sp³-hybridized carbons (Fsp3) is 0.478. The number of esters is 2. The molecule has 2 bridgehead atoms. The molecule has 2 saturated heterocycles. The number of methoxy groups -OCH3 is 2. The van der Waals surface area contributed by atoms with Gasteiger partial charge in [-0.05, 0) is 38.4 Å². The number of aliphatic hydroxyl groups is 2. The maximum absolute atomic E-state index is 13.5. The van der Waals surface area contributed by atoms with Gasteiger partial charge < -0.3 is 24.6 Å². The minimum atomic E-state index is -2.87. The highest BCUT2D eigenvalue weighted by molar-refractivity contribution is 5.87. The number of rotatable bonds is 4. The van der Waals surface area contributed by atoms with Crippen LogP contribution < -0.4 is 0 Å². The molecule has 0 saturated carbocycles. The average Bonchev–Trinajstić information content (AvgIpc) is 2.81. The topological polar surface area (TPSA) is 125 Å². The van der Waals surface area contributed by atoms with Crippen LogP contribution in [0.2, 0.25) is 0 Å². The van der Waals surface area contributed by atoms with Crippen molar-refractivity contribution in [2.24, 2.45) is 10.8 Å². The van der Waals surface area contributed by atoms with E-state index < -0.39 is 40.6 Å². The quantitative estimate of drug-likeness (QED) is 0.485. The van der Waals surface area contributed by atoms with E-state index in [1.807, 2.05) is 0 Å². The molecule has 10 nitrogen and oxygen atoms in total. The summed E-state index contributed by atoms with van der Waals surface area (Å²) in [6.45, 7) is -0.183. The Morgan fingerprint density at radius 1 is 0.879 bits per heavy atom. The first-order chi connectivity index (χ1) is 15.7. The van der Waals surface area contributed by atoms with Crippen molar-refractivity contribution in [1.82, 2.24) is 19.8 Å². The highest BCUT2D eigenvalue weighted by Gasteiger charge is 2.82. The van der Waals surface area contributed by atoms with Crippen LogP contribution in [0.5, 0.6) is 0 Å². The molecule has 4 atom stereocenters. The van der Waals surface area contributed by atoms with Crippen LogP contribution >= 0.6 is 0 Å². The van der Waals surface area contributed by atoms with Gasteiger partial charge in [0.15, 0.2) is 10.8 Å². The normalized spacial score (nSPS) is 31.6. The summed E-state index contributed by atoms with van der Waals surface area (Å²) in [6, 6.07) is 8.44. The molecule has 10 heteroatoms. The summed E-state index contributed by atoms with van der Waals surface area (Å²) in [7, 11) is 5.79. The van der Waals surface area contributed by atoms with Gasteiger partial charge in [0.25, 0.3) is 0 Å². The lowest BCUT2D eigenvalue weighted by molar-refractivity contribution is -0.374. The third-order valence-corrected chi connectivity index (χ3v) is 7.07. The second kappa shape index (κ2) is 8.14. The number of fused-ring (bicyclic) bond motifs is 2. The van der Waals surface area contributed by atoms with Gasteiger partial charge in [0.1, 0.15) is 0 Å². The molecule has 176 valence electrons. The molecule has 2 aliphatic heterocycles. The van der Waals surface area contributed by atoms with Gasteiger partial charge in [0.05, 0.1) is 37.7 Å². The number of ether oxygens (including phenoxy) is 2. The van der Waals surface area contributed by atoms with E-state index in [1.165, 1.54) is 14.2 Å². The summed E-state index contributed by atoms with van der Waals surface area (Å²) in [4.78, 5) is 39.4. The van der Waals surface area contributed by atoms with Crippen molar-refractivity contribution in [3.05, 3.63) is 60.2 Å². The number of carbonyl (C=O) groups excluding carboxylic acids is 2. The van der Waals surface area contributed by atoms with Crippen LogP contribution in [-0.4, -0.2) is 89.1 Å². The predicted octanol–water partition coefficient (Wildman–Crippen LogP) is 0.149. The number of hydrogen-bond acceptors (Lipinski definition) is 10. The van der Waals surface area contributed by atoms with E-state index in [9.17, 15) is 19.8 Å². The largest absolute Gasteiger partial charge is 0.468 e. The van der Waals surface area contributed by atoms with Crippen molar-refractivity contribution in [2.45, 2.75) is 17.9 Å². The number of nitrogens with zero attached hydrogens (tertiary/aromatic N) is 4. The van der Waals surface area contributed by atoms with Crippen LogP contribution in [-0.2, 0) is 19.1 Å². The lowest BCUT2D eigenvalue weighted by Crippen LogP contribution is -2.83. The van der Waals surface area contributed by atoms with Crippen LogP contribution in [0.15, 0.2) is 48.8 Å². The molecular weight excluding hydrogens is 428 g/mol. The van der Waals surface area contributed by atoms with E-state index in [4.69, 9.17) is 9.47 Å². The molecule has 4 unspecified atom stereocenters. The predicted molar refractivity (Wildman–Crippen MR) is 115 cm³/mol. The molecule has 0 aromatic carbocycles. The number of carbonyl (C=O) groups is 2. The minimum Gasteiger partial charge on any atom is -0.468 e. The lowest BCUT2D eigenvalue weighted by Gasteiger charge is -2.67. The van der Waals surface area contributed by atoms with Crippen molar-refractivity contribution in [3.63, 3.8) is 0 Å². The van der Waals surface area contributed by atoms with Crippen molar-refractivity contribution in [2.75, 3.05) is 41.4 Å². The third kappa shape index (κ3) is 2.95. The first kappa shape index (κ1) is 23.2. The van der Waals surface area contributed by atoms with Crippen LogP contribution in [0.25, 0.3) is 0 Å². The second-order valence-corrected chi connectivity index (χ2v) is 8.75. The highest BCUT2D eigenvalue weighted by atomic mass is 16.6. The van der Waals surface area contributed by atoms with Gasteiger partial charge >= 0.3 is 11.9 Å². The van der Waals surface area contributed by atoms with Gasteiger partial charge in [-0.3, -0.25) is 24.5 Å². The van der Waals surface area contributed by atoms with E-state index in [-0.39, 0.29) is 13.1 Å². The van der Waals surface area contributed by atoms with Crippen LogP contribution in [0.3, 0.4) is 0 Å². The first-order valence-corrected chi connectivity index (χ1v) is 10.5. The first-order valence-electron chi connectivity index (χ1n) is 10.5. The molecule has 4 rings (SSSR count). The summed E-state index contributed by atoms with van der Waals surface area (Å²) in [5.74, 6) is -4.60. The minimum absolute atomic E-state index is 0.0913. The molecule has 0 radical (unpaired) electrons. The molecule has 33 heavy (non-hydrogen) atoms. The van der Waals surface area contributed by atoms with Crippen LogP contribution in [0.1, 0.15) is 23.5 Å². The standard InChI is InChI=1S/C23H28N4O6/c1-26-13-21(19(28)32-3)17(15-9-5-7-11-24-15)27(2)18(16-10-6-8-12-25-16)22(14-26,20(29)33-4)23(21,30)31/h5-12,17-18,30-31H,13-14H2,1-4H3. The number of likely N-dealkylation sites (tertiary alicyclic amines) is 2. The maximum Gasteiger partial charge on any atom is 0.320 e. The molecular formula is C23H28N4O6. The number of aromatic nitrogens is 2. The Balaban J connectivity index is 2.12. The zero-order valence-electron chi connectivity index (χ0n) is 19.0. The second-order valence-electron chi connectivity index (χ2n) is 8.75. The number of pyridine rings is 2. The van der Waals surface area contributed by atoms with Crippen molar-refractivity contribution >= 4 is 11.9 Å². The van der Waals surface area contributed by atoms with Crippen molar-refractivity contribution < 1.29 is 29.3 Å². The van der Waals surface area contributed by atoms with E-state index in [0.29, 0.717) is 11.4 Å². The average molecular weight is 456 g/mol. The van der Waals surface area contributed by atoms with Gasteiger partial charge in [-0.1, -0.05) is 12.1 Å². The van der Waals surface area contributed by atoms with Crippen LogP contribution in [0.4, 0.5) is 0 Å². The Morgan fingerprint density at radius 2 is 1.30 bits per heavy atom. The Labute approximate surface area is 191 Å². The lowest BCUT2D eigenvalue weighted by atomic mass is 9.51. The monoisotopic (exact) mass is 456 g/mol. The summed E-state index contributed by atoms with van der Waals surface area (Å²) < 4.78 is 10.3. The molecule has 0 spiro atoms. The van der Waals surface area contributed by atoms with Gasteiger partial charge in [-0.2, -0.15) is 0 Å². The molecule has 2 aliphatic rings. The SMILES string of the molecule is COC(=O)C12CN(C)CC(C(=O)OC)(C(c3ccccn3)N(C)C1c1ccccn1)C2(O)O. The Morgan fingerprint density at radius 3 is 1.64 bits per heavy atom. The maximum atomic E-state index is 13.5. The van der Waals surface area contributed by atoms with E-state index in [2.05, 4.69) is 9.97 Å². The molecule has 2 fully saturated rings. The van der Waals surface area contributed by atoms with Crippen molar-refractivity contribution in [3.8, 4) is 0 Å². The zero-order valence-corrected chi connectivity index (χ0v) is 19.0. The zero-order chi connectivity index (χ0) is 24.0. The fourth-order valence-electron chi connectivity index (χ4n) is 5.92. The number of piperidine rings is 2. The summed E-state index contributed by atoms with van der Waals surface area (Å²) in [6.07, 6.45) is 3.13. The van der Waals surface area contributed by atoms with Gasteiger partial charge in [-0.15, -0.1) is 0 Å². The molecule has 4 heterocycles. The van der Waals surface area contributed by atoms with E-state index in [1.54, 1.807) is 72.7 Å². The highest BCUT2D eigenvalue weighted by Crippen LogP contribution is 2.66. The Bertz CT molecular complexity index is 956. The molecule has 2 N–H and O–H groups in total. The molecule has 2 aromatic heterocycles. The van der Waals surface area contributed by atoms with Gasteiger partial charge in [0, 0.05) is 25.5 Å². The number of hydrogen-bond donors (Lipinski definition) is 2. The smallest absolute Gasteiger partial charge is 0.320 e. The third-order valence-electron chi connectivity index (χ3n) is 7.07. The van der Waals surface area contributed by atoms with E-state index >= 15 is 0 Å². The van der Waals surface area contributed by atoms with Gasteiger partial charge in [0.2, 0.25) is 5.79 Å². The summed E-state index contributed by atoms with van der Waals surface area (Å²) >= 11 is 0. The molecule has 0 amide bonds. The Kier molecular flexibility index (Phi) is 5.73. The fourth-order valence-corrected chi connectivity index (χ4v) is 5.92. The van der Waals surface area contributed by atoms with E-state index in [0.717, 1.165) is 0 Å². The van der Waals surface area contributed by atoms with Crippen LogP contribution in [0, 0.1) is 10.8 Å². The Hall–Kier alpha value is -2.92. The molecule has 2 aromatic rings. The summed E-state index contributed by atoms with van der Waals surface area (Å²) in [5, 5.41) is 24.0. The summed E-state index contributed by atoms with van der Waals surface area (Å²) in [5.41, 5.74) is -3.13. The van der Waals surface area contributed by atoms with Crippen molar-refractivity contribution in [1.29, 1.82) is 0 Å². The molecule has 0 aliphatic carbocycles.